The summed E-state index contributed by atoms with van der Waals surface area (Å²) in [5, 5.41) is 0.799. The van der Waals surface area contributed by atoms with Crippen molar-refractivity contribution in [2.75, 3.05) is 0 Å². The second-order valence-corrected chi connectivity index (χ2v) is 20.9. The maximum absolute atomic E-state index is 6.46. The van der Waals surface area contributed by atoms with Gasteiger partial charge in [0.2, 0.25) is 0 Å². The monoisotopic (exact) mass is 414 g/mol. The zero-order valence-corrected chi connectivity index (χ0v) is 18.9. The molecule has 0 aromatic rings. The fourth-order valence-electron chi connectivity index (χ4n) is 1.40. The van der Waals surface area contributed by atoms with Gasteiger partial charge in [0.25, 0.3) is 0 Å². The molecule has 0 radical (unpaired) electrons. The minimum atomic E-state index is -1.60. The molecule has 0 amide bonds. The number of alkyl halides is 1. The third kappa shape index (κ3) is 6.18. The van der Waals surface area contributed by atoms with Gasteiger partial charge in [-0.1, -0.05) is 83.3 Å². The van der Waals surface area contributed by atoms with Gasteiger partial charge in [-0.2, -0.15) is 0 Å². The Kier molecular flexibility index (Phi) is 6.87. The van der Waals surface area contributed by atoms with Crippen LogP contribution in [-0.2, 0) is 4.43 Å². The summed E-state index contributed by atoms with van der Waals surface area (Å²) in [7, 11) is -2.76. The highest BCUT2D eigenvalue weighted by molar-refractivity contribution is 14.1. The Morgan fingerprint density at radius 3 is 1.63 bits per heavy atom. The molecule has 0 heterocycles. The van der Waals surface area contributed by atoms with Crippen molar-refractivity contribution >= 4 is 39.0 Å². The Morgan fingerprint density at radius 1 is 0.895 bits per heavy atom. The summed E-state index contributed by atoms with van der Waals surface area (Å²) in [5.74, 6) is 0. The molecule has 0 spiro atoms. The van der Waals surface area contributed by atoms with Crippen molar-refractivity contribution in [3.63, 3.8) is 0 Å². The van der Waals surface area contributed by atoms with E-state index in [1.165, 1.54) is 12.5 Å². The first-order valence-electron chi connectivity index (χ1n) is 7.42. The van der Waals surface area contributed by atoms with Crippen LogP contribution in [0.2, 0.25) is 42.3 Å². The van der Waals surface area contributed by atoms with E-state index in [1.54, 1.807) is 0 Å². The van der Waals surface area contributed by atoms with Crippen LogP contribution in [0.3, 0.4) is 0 Å². The molecule has 116 valence electrons. The van der Waals surface area contributed by atoms with Crippen molar-refractivity contribution in [3.05, 3.63) is 0 Å². The first-order chi connectivity index (χ1) is 8.10. The van der Waals surface area contributed by atoms with Gasteiger partial charge >= 0.3 is 0 Å². The molecular weight excluding hydrogens is 379 g/mol. The molecule has 0 N–H and O–H groups in total. The molecule has 1 unspecified atom stereocenters. The van der Waals surface area contributed by atoms with E-state index in [1.807, 2.05) is 0 Å². The highest BCUT2D eigenvalue weighted by Crippen LogP contribution is 2.42. The Morgan fingerprint density at radius 2 is 1.32 bits per heavy atom. The lowest BCUT2D eigenvalue weighted by Gasteiger charge is -2.40. The predicted octanol–water partition coefficient (Wildman–Crippen LogP) is 6.67. The van der Waals surface area contributed by atoms with Gasteiger partial charge in [0.05, 0.1) is 12.2 Å². The zero-order chi connectivity index (χ0) is 15.7. The molecule has 0 aromatic heterocycles. The van der Waals surface area contributed by atoms with Crippen LogP contribution in [0.4, 0.5) is 0 Å². The Bertz CT molecular complexity index is 288. The van der Waals surface area contributed by atoms with E-state index >= 15 is 0 Å². The lowest BCUT2D eigenvalue weighted by Crippen LogP contribution is -2.43. The van der Waals surface area contributed by atoms with Crippen LogP contribution in [0.5, 0.6) is 0 Å². The normalized spacial score (nSPS) is 16.6. The summed E-state index contributed by atoms with van der Waals surface area (Å²) in [6.07, 6.45) is 1.21. The summed E-state index contributed by atoms with van der Waals surface area (Å²) < 4.78 is 6.84. The highest BCUT2D eigenvalue weighted by Gasteiger charge is 2.40. The maximum Gasteiger partial charge on any atom is 0.193 e. The summed E-state index contributed by atoms with van der Waals surface area (Å²) in [4.78, 5) is 0. The second-order valence-electron chi connectivity index (χ2n) is 8.96. The van der Waals surface area contributed by atoms with Crippen LogP contribution in [0.1, 0.15) is 48.0 Å². The van der Waals surface area contributed by atoms with Crippen molar-refractivity contribution in [1.29, 1.82) is 0 Å². The Labute approximate surface area is 137 Å². The van der Waals surface area contributed by atoms with Crippen LogP contribution < -0.4 is 0 Å². The van der Waals surface area contributed by atoms with E-state index in [2.05, 4.69) is 90.3 Å². The third-order valence-electron chi connectivity index (χ3n) is 5.26. The van der Waals surface area contributed by atoms with Gasteiger partial charge in [-0.05, 0) is 29.6 Å². The average Bonchev–Trinajstić information content (AvgIpc) is 2.10. The lowest BCUT2D eigenvalue weighted by atomic mass is 10.2. The van der Waals surface area contributed by atoms with Gasteiger partial charge in [-0.3, -0.25) is 0 Å². The molecule has 0 fully saturated rings. The van der Waals surface area contributed by atoms with E-state index in [-0.39, 0.29) is 0 Å². The molecule has 0 aliphatic rings. The van der Waals surface area contributed by atoms with Gasteiger partial charge in [0.1, 0.15) is 0 Å². The Balaban J connectivity index is 4.47. The van der Waals surface area contributed by atoms with Crippen LogP contribution in [-0.4, -0.2) is 20.5 Å². The zero-order valence-electron chi connectivity index (χ0n) is 14.8. The van der Waals surface area contributed by atoms with Crippen LogP contribution >= 0.6 is 22.6 Å². The van der Waals surface area contributed by atoms with E-state index in [9.17, 15) is 0 Å². The van der Waals surface area contributed by atoms with E-state index in [0.29, 0.717) is 14.2 Å². The van der Waals surface area contributed by atoms with Crippen LogP contribution in [0, 0.1) is 0 Å². The van der Waals surface area contributed by atoms with Crippen molar-refractivity contribution < 1.29 is 4.43 Å². The smallest absolute Gasteiger partial charge is 0.193 e. The summed E-state index contributed by atoms with van der Waals surface area (Å²) in [5.41, 5.74) is 0. The number of hydrogen-bond acceptors (Lipinski definition) is 1. The first kappa shape index (κ1) is 20.1. The van der Waals surface area contributed by atoms with Crippen molar-refractivity contribution in [1.82, 2.24) is 0 Å². The molecule has 0 aliphatic carbocycles. The minimum absolute atomic E-state index is 0.313. The summed E-state index contributed by atoms with van der Waals surface area (Å²) >= 11 is 2.51. The molecule has 4 heteroatoms. The molecule has 0 saturated carbocycles. The van der Waals surface area contributed by atoms with E-state index in [4.69, 9.17) is 4.43 Å². The van der Waals surface area contributed by atoms with Gasteiger partial charge in [0, 0.05) is 0 Å². The Hall–Kier alpha value is 1.12. The molecule has 0 bridgehead atoms. The second kappa shape index (κ2) is 6.48. The molecule has 0 aliphatic heterocycles. The fraction of sp³-hybridized carbons (Fsp3) is 1.00. The van der Waals surface area contributed by atoms with E-state index in [0.717, 1.165) is 0 Å². The quantitative estimate of drug-likeness (QED) is 0.277. The van der Waals surface area contributed by atoms with Crippen molar-refractivity contribution in [2.45, 2.75) is 94.4 Å². The number of halogens is 1. The average molecular weight is 415 g/mol. The minimum Gasteiger partial charge on any atom is -0.405 e. The number of hydrogen-bond donors (Lipinski definition) is 0. The van der Waals surface area contributed by atoms with Crippen molar-refractivity contribution in [2.24, 2.45) is 0 Å². The third-order valence-corrected chi connectivity index (χ3v) is 16.7. The van der Waals surface area contributed by atoms with Gasteiger partial charge in [0.15, 0.2) is 8.32 Å². The molecule has 0 rings (SSSR count). The molecule has 1 atom stereocenters. The van der Waals surface area contributed by atoms with Crippen LogP contribution in [0.15, 0.2) is 0 Å². The molecule has 19 heavy (non-hydrogen) atoms. The SMILES string of the molecule is CC(C)(C)[Si](C)(C)CCC(I)O[Si](C)(C)C(C)(C)C. The van der Waals surface area contributed by atoms with Crippen molar-refractivity contribution in [3.8, 4) is 0 Å². The van der Waals surface area contributed by atoms with Crippen LogP contribution in [0.25, 0.3) is 0 Å². The van der Waals surface area contributed by atoms with Gasteiger partial charge < -0.3 is 4.43 Å². The molecular formula is C15H35IOSi2. The number of rotatable bonds is 5. The van der Waals surface area contributed by atoms with Gasteiger partial charge in [-0.25, -0.2) is 0 Å². The lowest BCUT2D eigenvalue weighted by molar-refractivity contribution is 0.270. The highest BCUT2D eigenvalue weighted by atomic mass is 127. The first-order valence-corrected chi connectivity index (χ1v) is 14.8. The summed E-state index contributed by atoms with van der Waals surface area (Å²) in [6.45, 7) is 23.9. The molecule has 0 aromatic carbocycles. The van der Waals surface area contributed by atoms with Gasteiger partial charge in [-0.15, -0.1) is 0 Å². The van der Waals surface area contributed by atoms with E-state index < -0.39 is 16.4 Å². The fourth-order valence-corrected chi connectivity index (χ4v) is 7.06. The predicted molar refractivity (Wildman–Crippen MR) is 103 cm³/mol. The molecule has 0 saturated heterocycles. The molecule has 1 nitrogen and oxygen atoms in total. The maximum atomic E-state index is 6.46. The standard InChI is InChI=1S/C15H35IOSi2/c1-14(2,3)18(7,8)12-11-13(16)17-19(9,10)15(4,5)6/h13H,11-12H2,1-10H3. The largest absolute Gasteiger partial charge is 0.405 e. The summed E-state index contributed by atoms with van der Waals surface area (Å²) in [6, 6.07) is 1.36. The topological polar surface area (TPSA) is 9.23 Å².